The number of rotatable bonds is 12. The maximum absolute atomic E-state index is 13.8. The number of hydrogen-bond acceptors (Lipinski definition) is 6. The summed E-state index contributed by atoms with van der Waals surface area (Å²) >= 11 is 0. The SMILES string of the molecule is CCOc1ccccc1CN(Cc1ccco1)S(=O)(=O)c1ccc(S(=O)(=O)N(C)Cc2ccccc2)cc1. The summed E-state index contributed by atoms with van der Waals surface area (Å²) in [6.07, 6.45) is 1.49. The Kier molecular flexibility index (Phi) is 8.68. The van der Waals surface area contributed by atoms with Crippen molar-refractivity contribution >= 4 is 20.0 Å². The number of benzene rings is 3. The van der Waals surface area contributed by atoms with Gasteiger partial charge >= 0.3 is 0 Å². The average molecular weight is 555 g/mol. The molecule has 0 amide bonds. The molecule has 3 aromatic carbocycles. The number of sulfonamides is 2. The highest BCUT2D eigenvalue weighted by Gasteiger charge is 2.28. The second kappa shape index (κ2) is 12.0. The van der Waals surface area contributed by atoms with E-state index in [1.165, 1.54) is 46.2 Å². The van der Waals surface area contributed by atoms with Gasteiger partial charge in [-0.05, 0) is 55.0 Å². The van der Waals surface area contributed by atoms with Crippen LogP contribution in [0, 0.1) is 0 Å². The van der Waals surface area contributed by atoms with E-state index in [9.17, 15) is 16.8 Å². The summed E-state index contributed by atoms with van der Waals surface area (Å²) in [4.78, 5) is -0.0169. The van der Waals surface area contributed by atoms with Crippen molar-refractivity contribution in [2.75, 3.05) is 13.7 Å². The molecule has 0 N–H and O–H groups in total. The van der Waals surface area contributed by atoms with Crippen molar-refractivity contribution in [1.29, 1.82) is 0 Å². The van der Waals surface area contributed by atoms with Gasteiger partial charge < -0.3 is 9.15 Å². The second-order valence-electron chi connectivity index (χ2n) is 8.61. The lowest BCUT2D eigenvalue weighted by Gasteiger charge is -2.23. The monoisotopic (exact) mass is 554 g/mol. The molecule has 0 unspecified atom stereocenters. The van der Waals surface area contributed by atoms with Crippen LogP contribution < -0.4 is 4.74 Å². The summed E-state index contributed by atoms with van der Waals surface area (Å²) in [5, 5.41) is 0. The topological polar surface area (TPSA) is 97.1 Å². The highest BCUT2D eigenvalue weighted by Crippen LogP contribution is 2.27. The summed E-state index contributed by atoms with van der Waals surface area (Å²) in [6, 6.07) is 25.2. The highest BCUT2D eigenvalue weighted by atomic mass is 32.2. The van der Waals surface area contributed by atoms with E-state index in [0.29, 0.717) is 23.7 Å². The molecule has 200 valence electrons. The molecule has 0 atom stereocenters. The number of furan rings is 1. The van der Waals surface area contributed by atoms with Gasteiger partial charge in [0.2, 0.25) is 20.0 Å². The van der Waals surface area contributed by atoms with Gasteiger partial charge in [-0.1, -0.05) is 48.5 Å². The fraction of sp³-hybridized carbons (Fsp3) is 0.214. The molecule has 4 rings (SSSR count). The van der Waals surface area contributed by atoms with Gasteiger partial charge in [0.1, 0.15) is 11.5 Å². The van der Waals surface area contributed by atoms with Crippen molar-refractivity contribution in [2.45, 2.75) is 36.3 Å². The van der Waals surface area contributed by atoms with Crippen LogP contribution in [0.25, 0.3) is 0 Å². The van der Waals surface area contributed by atoms with Crippen LogP contribution in [0.2, 0.25) is 0 Å². The van der Waals surface area contributed by atoms with Gasteiger partial charge in [-0.3, -0.25) is 0 Å². The minimum absolute atomic E-state index is 0.00431. The summed E-state index contributed by atoms with van der Waals surface area (Å²) < 4.78 is 67.4. The van der Waals surface area contributed by atoms with E-state index in [1.807, 2.05) is 55.5 Å². The zero-order valence-corrected chi connectivity index (χ0v) is 22.9. The van der Waals surface area contributed by atoms with Gasteiger partial charge in [-0.15, -0.1) is 0 Å². The molecule has 0 fully saturated rings. The molecule has 4 aromatic rings. The molecule has 0 spiro atoms. The van der Waals surface area contributed by atoms with Gasteiger partial charge in [0.25, 0.3) is 0 Å². The van der Waals surface area contributed by atoms with Gasteiger partial charge in [0.05, 0.1) is 29.2 Å². The Morgan fingerprint density at radius 1 is 0.711 bits per heavy atom. The maximum atomic E-state index is 13.8. The minimum atomic E-state index is -4.03. The van der Waals surface area contributed by atoms with Crippen LogP contribution in [-0.4, -0.2) is 39.1 Å². The van der Waals surface area contributed by atoms with Crippen LogP contribution in [0.15, 0.2) is 111 Å². The van der Waals surface area contributed by atoms with Crippen LogP contribution in [-0.2, 0) is 39.7 Å². The lowest BCUT2D eigenvalue weighted by atomic mass is 10.2. The first kappa shape index (κ1) is 27.6. The van der Waals surface area contributed by atoms with E-state index in [2.05, 4.69) is 0 Å². The van der Waals surface area contributed by atoms with Crippen LogP contribution in [0.4, 0.5) is 0 Å². The molecular formula is C28H30N2O6S2. The first-order chi connectivity index (χ1) is 18.2. The molecule has 0 saturated carbocycles. The molecule has 0 aliphatic carbocycles. The first-order valence-corrected chi connectivity index (χ1v) is 14.9. The molecular weight excluding hydrogens is 524 g/mol. The second-order valence-corrected chi connectivity index (χ2v) is 12.6. The van der Waals surface area contributed by atoms with E-state index in [4.69, 9.17) is 9.15 Å². The van der Waals surface area contributed by atoms with Crippen LogP contribution in [0.5, 0.6) is 5.75 Å². The van der Waals surface area contributed by atoms with Gasteiger partial charge in [0, 0.05) is 25.7 Å². The van der Waals surface area contributed by atoms with E-state index in [-0.39, 0.29) is 29.4 Å². The van der Waals surface area contributed by atoms with Crippen LogP contribution >= 0.6 is 0 Å². The van der Waals surface area contributed by atoms with Crippen molar-refractivity contribution in [1.82, 2.24) is 8.61 Å². The van der Waals surface area contributed by atoms with Crippen LogP contribution in [0.3, 0.4) is 0 Å². The van der Waals surface area contributed by atoms with Crippen molar-refractivity contribution in [2.24, 2.45) is 0 Å². The van der Waals surface area contributed by atoms with Gasteiger partial charge in [-0.2, -0.15) is 8.61 Å². The highest BCUT2D eigenvalue weighted by molar-refractivity contribution is 7.89. The predicted molar refractivity (Wildman–Crippen MR) is 144 cm³/mol. The molecule has 10 heteroatoms. The summed E-state index contributed by atoms with van der Waals surface area (Å²) in [7, 11) is -6.36. The standard InChI is InChI=1S/C28H30N2O6S2/c1-3-35-28-14-8-7-12-24(28)21-30(22-25-13-9-19-36-25)38(33,34)27-17-15-26(16-18-27)37(31,32)29(2)20-23-10-5-4-6-11-23/h4-19H,3,20-22H2,1-2H3. The van der Waals surface area contributed by atoms with Gasteiger partial charge in [-0.25, -0.2) is 16.8 Å². The summed E-state index contributed by atoms with van der Waals surface area (Å²) in [6.45, 7) is 2.53. The third kappa shape index (κ3) is 6.33. The molecule has 38 heavy (non-hydrogen) atoms. The van der Waals surface area contributed by atoms with Crippen molar-refractivity contribution < 1.29 is 26.0 Å². The number of nitrogens with zero attached hydrogens (tertiary/aromatic N) is 2. The molecule has 0 saturated heterocycles. The van der Waals surface area contributed by atoms with E-state index in [1.54, 1.807) is 18.2 Å². The van der Waals surface area contributed by atoms with Gasteiger partial charge in [0.15, 0.2) is 0 Å². The lowest BCUT2D eigenvalue weighted by molar-refractivity contribution is 0.321. The third-order valence-electron chi connectivity index (χ3n) is 5.95. The molecule has 0 radical (unpaired) electrons. The molecule has 1 aromatic heterocycles. The fourth-order valence-corrected chi connectivity index (χ4v) is 6.50. The molecule has 1 heterocycles. The smallest absolute Gasteiger partial charge is 0.243 e. The molecule has 8 nitrogen and oxygen atoms in total. The Balaban J connectivity index is 1.61. The first-order valence-electron chi connectivity index (χ1n) is 12.1. The summed E-state index contributed by atoms with van der Waals surface area (Å²) in [5.41, 5.74) is 1.55. The Labute approximate surface area is 224 Å². The van der Waals surface area contributed by atoms with E-state index in [0.717, 1.165) is 5.56 Å². The van der Waals surface area contributed by atoms with E-state index < -0.39 is 20.0 Å². The normalized spacial score (nSPS) is 12.2. The molecule has 0 aliphatic heterocycles. The van der Waals surface area contributed by atoms with Crippen molar-refractivity contribution in [3.63, 3.8) is 0 Å². The average Bonchev–Trinajstić information content (AvgIpc) is 3.43. The number of para-hydroxylation sites is 1. The zero-order chi connectivity index (χ0) is 27.2. The third-order valence-corrected chi connectivity index (χ3v) is 9.57. The lowest BCUT2D eigenvalue weighted by Crippen LogP contribution is -2.30. The fourth-order valence-electron chi connectivity index (χ4n) is 3.96. The summed E-state index contributed by atoms with van der Waals surface area (Å²) in [5.74, 6) is 1.07. The molecule has 0 bridgehead atoms. The van der Waals surface area contributed by atoms with E-state index >= 15 is 0 Å². The minimum Gasteiger partial charge on any atom is -0.494 e. The Hall–Kier alpha value is -3.44. The largest absolute Gasteiger partial charge is 0.494 e. The quantitative estimate of drug-likeness (QED) is 0.247. The number of ether oxygens (including phenoxy) is 1. The van der Waals surface area contributed by atoms with Crippen molar-refractivity contribution in [3.8, 4) is 5.75 Å². The maximum Gasteiger partial charge on any atom is 0.243 e. The Bertz CT molecular complexity index is 1540. The van der Waals surface area contributed by atoms with Crippen molar-refractivity contribution in [3.05, 3.63) is 114 Å². The Morgan fingerprint density at radius 3 is 1.97 bits per heavy atom. The Morgan fingerprint density at radius 2 is 1.34 bits per heavy atom. The van der Waals surface area contributed by atoms with Crippen LogP contribution in [0.1, 0.15) is 23.8 Å². The number of hydrogen-bond donors (Lipinski definition) is 0. The zero-order valence-electron chi connectivity index (χ0n) is 21.2. The molecule has 0 aliphatic rings. The predicted octanol–water partition coefficient (Wildman–Crippen LogP) is 4.89.